The minimum Gasteiger partial charge on any atom is -0.309 e. The van der Waals surface area contributed by atoms with E-state index in [0.717, 1.165) is 22.4 Å². The second-order valence-corrected chi connectivity index (χ2v) is 7.78. The Morgan fingerprint density at radius 1 is 1.09 bits per heavy atom. The number of anilines is 1. The summed E-state index contributed by atoms with van der Waals surface area (Å²) in [6.07, 6.45) is -2.74. The van der Waals surface area contributed by atoms with Crippen LogP contribution in [0.5, 0.6) is 0 Å². The largest absolute Gasteiger partial charge is 0.435 e. The molecule has 0 saturated carbocycles. The van der Waals surface area contributed by atoms with Crippen molar-refractivity contribution < 1.29 is 18.0 Å². The highest BCUT2D eigenvalue weighted by Gasteiger charge is 2.34. The topological polar surface area (TPSA) is 64.7 Å². The minimum atomic E-state index is -4.52. The predicted octanol–water partition coefficient (Wildman–Crippen LogP) is 4.88. The summed E-state index contributed by atoms with van der Waals surface area (Å²) in [5.74, 6) is -0.558. The number of hydrogen-bond acceptors (Lipinski definition) is 3. The first-order valence-electron chi connectivity index (χ1n) is 10.1. The number of aryl methyl sites for hydroxylation is 1. The van der Waals surface area contributed by atoms with E-state index in [1.807, 2.05) is 36.4 Å². The number of amides is 1. The zero-order valence-corrected chi connectivity index (χ0v) is 17.6. The second-order valence-electron chi connectivity index (χ2n) is 7.78. The number of halogens is 3. The summed E-state index contributed by atoms with van der Waals surface area (Å²) in [4.78, 5) is 12.6. The fourth-order valence-electron chi connectivity index (χ4n) is 3.55. The molecular formula is C23H22F3N5O. The Morgan fingerprint density at radius 3 is 2.59 bits per heavy atom. The van der Waals surface area contributed by atoms with Gasteiger partial charge < -0.3 is 5.32 Å². The summed E-state index contributed by atoms with van der Waals surface area (Å²) in [7, 11) is 0. The number of benzene rings is 2. The molecular weight excluding hydrogens is 419 g/mol. The van der Waals surface area contributed by atoms with Crippen molar-refractivity contribution in [2.45, 2.75) is 33.1 Å². The van der Waals surface area contributed by atoms with Gasteiger partial charge in [-0.15, -0.1) is 0 Å². The van der Waals surface area contributed by atoms with Gasteiger partial charge in [0.25, 0.3) is 0 Å². The Labute approximate surface area is 182 Å². The molecule has 0 saturated heterocycles. The molecule has 0 fully saturated rings. The molecule has 9 heteroatoms. The number of nitrogens with one attached hydrogen (secondary N) is 1. The average molecular weight is 441 g/mol. The Morgan fingerprint density at radius 2 is 1.84 bits per heavy atom. The Hall–Kier alpha value is -3.62. The number of fused-ring (bicyclic) bond motifs is 1. The molecule has 0 aliphatic heterocycles. The quantitative estimate of drug-likeness (QED) is 0.464. The first-order chi connectivity index (χ1) is 15.2. The molecule has 2 aromatic carbocycles. The Bertz CT molecular complexity index is 1250. The van der Waals surface area contributed by atoms with Crippen LogP contribution in [-0.4, -0.2) is 25.5 Å². The van der Waals surface area contributed by atoms with Gasteiger partial charge in [0.2, 0.25) is 5.91 Å². The number of carbonyl (C=O) groups excluding carboxylic acids is 1. The third-order valence-electron chi connectivity index (χ3n) is 5.27. The molecule has 0 bridgehead atoms. The van der Waals surface area contributed by atoms with Crippen LogP contribution >= 0.6 is 0 Å². The van der Waals surface area contributed by atoms with E-state index in [9.17, 15) is 18.0 Å². The predicted molar refractivity (Wildman–Crippen MR) is 115 cm³/mol. The van der Waals surface area contributed by atoms with Gasteiger partial charge in [-0.2, -0.15) is 23.4 Å². The zero-order chi connectivity index (χ0) is 22.9. The van der Waals surface area contributed by atoms with Crippen LogP contribution in [0.4, 0.5) is 19.0 Å². The first-order valence-corrected chi connectivity index (χ1v) is 10.1. The van der Waals surface area contributed by atoms with Crippen LogP contribution in [0.2, 0.25) is 0 Å². The van der Waals surface area contributed by atoms with E-state index in [4.69, 9.17) is 0 Å². The van der Waals surface area contributed by atoms with Gasteiger partial charge in [-0.3, -0.25) is 14.2 Å². The van der Waals surface area contributed by atoms with Crippen molar-refractivity contribution in [3.63, 3.8) is 0 Å². The van der Waals surface area contributed by atoms with Crippen LogP contribution in [-0.2, 0) is 24.1 Å². The van der Waals surface area contributed by atoms with Gasteiger partial charge in [0.05, 0.1) is 19.0 Å². The molecule has 0 aliphatic rings. The normalized spacial score (nSPS) is 12.8. The van der Waals surface area contributed by atoms with E-state index >= 15 is 0 Å². The van der Waals surface area contributed by atoms with Gasteiger partial charge >= 0.3 is 6.18 Å². The highest BCUT2D eigenvalue weighted by molar-refractivity contribution is 5.91. The summed E-state index contributed by atoms with van der Waals surface area (Å²) < 4.78 is 41.5. The maximum atomic E-state index is 12.8. The number of carbonyl (C=O) groups is 1. The van der Waals surface area contributed by atoms with Gasteiger partial charge in [0, 0.05) is 18.0 Å². The van der Waals surface area contributed by atoms with E-state index in [-0.39, 0.29) is 12.5 Å². The van der Waals surface area contributed by atoms with Crippen molar-refractivity contribution in [2.75, 3.05) is 5.32 Å². The highest BCUT2D eigenvalue weighted by Crippen LogP contribution is 2.28. The van der Waals surface area contributed by atoms with Gasteiger partial charge in [-0.05, 0) is 29.3 Å². The lowest BCUT2D eigenvalue weighted by Crippen LogP contribution is -2.25. The van der Waals surface area contributed by atoms with E-state index in [1.54, 1.807) is 23.9 Å². The van der Waals surface area contributed by atoms with Crippen LogP contribution in [0.1, 0.15) is 23.9 Å². The molecule has 1 atom stereocenters. The Kier molecular flexibility index (Phi) is 5.73. The average Bonchev–Trinajstić information content (AvgIpc) is 3.34. The van der Waals surface area contributed by atoms with Crippen molar-refractivity contribution in [2.24, 2.45) is 5.92 Å². The van der Waals surface area contributed by atoms with Crippen molar-refractivity contribution in [1.82, 2.24) is 19.6 Å². The molecule has 4 rings (SSSR count). The van der Waals surface area contributed by atoms with Gasteiger partial charge in [-0.1, -0.05) is 49.4 Å². The standard InChI is InChI=1S/C23H22F3N5O/c1-15(13-31-16(2)12-20(28-31)23(24,25)26)22(32)27-21-10-11-30(29-21)14-18-8-5-7-17-6-3-4-9-19(17)18/h3-12,15H,13-14H2,1-2H3,(H,27,29,32)/t15-/m0/s1. The Balaban J connectivity index is 1.41. The molecule has 4 aromatic rings. The van der Waals surface area contributed by atoms with E-state index in [0.29, 0.717) is 18.1 Å². The van der Waals surface area contributed by atoms with Gasteiger partial charge in [0.15, 0.2) is 11.5 Å². The minimum absolute atomic E-state index is 0.0322. The summed E-state index contributed by atoms with van der Waals surface area (Å²) in [6, 6.07) is 16.8. The number of aromatic nitrogens is 4. The molecule has 6 nitrogen and oxygen atoms in total. The molecule has 0 unspecified atom stereocenters. The zero-order valence-electron chi connectivity index (χ0n) is 17.6. The lowest BCUT2D eigenvalue weighted by Gasteiger charge is -2.12. The SMILES string of the molecule is Cc1cc(C(F)(F)F)nn1C[C@H](C)C(=O)Nc1ccn(Cc2cccc3ccccc23)n1. The summed E-state index contributed by atoms with van der Waals surface area (Å²) in [5, 5.41) is 13.0. The van der Waals surface area contributed by atoms with E-state index < -0.39 is 17.8 Å². The number of rotatable bonds is 6. The summed E-state index contributed by atoms with van der Waals surface area (Å²) in [6.45, 7) is 3.74. The van der Waals surface area contributed by atoms with Gasteiger partial charge in [0.1, 0.15) is 0 Å². The molecule has 0 radical (unpaired) electrons. The molecule has 1 amide bonds. The van der Waals surface area contributed by atoms with Crippen molar-refractivity contribution in [3.8, 4) is 0 Å². The molecule has 0 aliphatic carbocycles. The van der Waals surface area contributed by atoms with Crippen molar-refractivity contribution in [1.29, 1.82) is 0 Å². The molecule has 2 aromatic heterocycles. The highest BCUT2D eigenvalue weighted by atomic mass is 19.4. The number of hydrogen-bond donors (Lipinski definition) is 1. The fraction of sp³-hybridized carbons (Fsp3) is 0.261. The maximum absolute atomic E-state index is 12.8. The maximum Gasteiger partial charge on any atom is 0.435 e. The lowest BCUT2D eigenvalue weighted by atomic mass is 10.0. The lowest BCUT2D eigenvalue weighted by molar-refractivity contribution is -0.141. The molecule has 0 spiro atoms. The van der Waals surface area contributed by atoms with E-state index in [2.05, 4.69) is 21.6 Å². The first kappa shape index (κ1) is 21.6. The van der Waals surface area contributed by atoms with E-state index in [1.165, 1.54) is 11.6 Å². The van der Waals surface area contributed by atoms with Gasteiger partial charge in [-0.25, -0.2) is 0 Å². The molecule has 2 heterocycles. The fourth-order valence-corrected chi connectivity index (χ4v) is 3.55. The van der Waals surface area contributed by atoms with Crippen LogP contribution in [0.15, 0.2) is 60.8 Å². The van der Waals surface area contributed by atoms with Crippen molar-refractivity contribution in [3.05, 3.63) is 77.7 Å². The summed E-state index contributed by atoms with van der Waals surface area (Å²) >= 11 is 0. The molecule has 166 valence electrons. The van der Waals surface area contributed by atoms with Crippen LogP contribution < -0.4 is 5.32 Å². The number of nitrogens with zero attached hydrogens (tertiary/aromatic N) is 4. The second kappa shape index (κ2) is 8.49. The molecule has 1 N–H and O–H groups in total. The van der Waals surface area contributed by atoms with Crippen molar-refractivity contribution >= 4 is 22.5 Å². The smallest absolute Gasteiger partial charge is 0.309 e. The van der Waals surface area contributed by atoms with Crippen LogP contribution in [0.25, 0.3) is 10.8 Å². The summed E-state index contributed by atoms with van der Waals surface area (Å²) in [5.41, 5.74) is 0.484. The third-order valence-corrected chi connectivity index (χ3v) is 5.27. The molecule has 32 heavy (non-hydrogen) atoms. The van der Waals surface area contributed by atoms with Crippen LogP contribution in [0, 0.1) is 12.8 Å². The van der Waals surface area contributed by atoms with Crippen LogP contribution in [0.3, 0.4) is 0 Å². The number of alkyl halides is 3. The third kappa shape index (κ3) is 4.66. The monoisotopic (exact) mass is 441 g/mol.